The van der Waals surface area contributed by atoms with Crippen molar-refractivity contribution < 1.29 is 9.57 Å². The summed E-state index contributed by atoms with van der Waals surface area (Å²) in [5, 5.41) is 4.83. The summed E-state index contributed by atoms with van der Waals surface area (Å²) in [6.07, 6.45) is 0.760. The summed E-state index contributed by atoms with van der Waals surface area (Å²) in [6, 6.07) is 5.78. The molecule has 1 heterocycles. The van der Waals surface area contributed by atoms with Crippen molar-refractivity contribution in [1.82, 2.24) is 4.98 Å². The lowest BCUT2D eigenvalue weighted by Crippen LogP contribution is -2.07. The predicted molar refractivity (Wildman–Crippen MR) is 98.5 cm³/mol. The molecule has 0 radical (unpaired) electrons. The second kappa shape index (κ2) is 7.67. The van der Waals surface area contributed by atoms with Gasteiger partial charge in [0.15, 0.2) is 0 Å². The zero-order chi connectivity index (χ0) is 17.9. The third-order valence-electron chi connectivity index (χ3n) is 3.83. The molecule has 0 aliphatic carbocycles. The fraction of sp³-hybridized carbons (Fsp3) is 0.368. The number of oxime groups is 1. The number of hydrogen-bond donors (Lipinski definition) is 0. The highest BCUT2D eigenvalue weighted by molar-refractivity contribution is 6.30. The average Bonchev–Trinajstić information content (AvgIpc) is 2.51. The minimum Gasteiger partial charge on any atom is -0.438 e. The Morgan fingerprint density at radius 2 is 1.75 bits per heavy atom. The molecule has 0 bridgehead atoms. The van der Waals surface area contributed by atoms with Crippen molar-refractivity contribution in [2.45, 2.75) is 41.0 Å². The smallest absolute Gasteiger partial charge is 0.223 e. The lowest BCUT2D eigenvalue weighted by molar-refractivity contribution is 0.213. The number of hydrogen-bond acceptors (Lipinski definition) is 4. The lowest BCUT2D eigenvalue weighted by atomic mass is 10.0. The van der Waals surface area contributed by atoms with E-state index in [9.17, 15) is 0 Å². The number of aromatic nitrogens is 1. The number of aryl methyl sites for hydroxylation is 3. The summed E-state index contributed by atoms with van der Waals surface area (Å²) in [5.41, 5.74) is 5.62. The van der Waals surface area contributed by atoms with Crippen LogP contribution in [0.2, 0.25) is 5.02 Å². The first kappa shape index (κ1) is 18.3. The molecule has 24 heavy (non-hydrogen) atoms. The summed E-state index contributed by atoms with van der Waals surface area (Å²) in [4.78, 5) is 9.52. The average molecular weight is 347 g/mol. The van der Waals surface area contributed by atoms with Crippen LogP contribution in [0.3, 0.4) is 0 Å². The fourth-order valence-corrected chi connectivity index (χ4v) is 3.00. The fourth-order valence-electron chi connectivity index (χ4n) is 2.68. The van der Waals surface area contributed by atoms with Gasteiger partial charge in [-0.3, -0.25) is 0 Å². The Labute approximate surface area is 148 Å². The van der Waals surface area contributed by atoms with Gasteiger partial charge in [-0.25, -0.2) is 4.98 Å². The molecule has 5 heteroatoms. The largest absolute Gasteiger partial charge is 0.438 e. The molecule has 2 aromatic rings. The summed E-state index contributed by atoms with van der Waals surface area (Å²) >= 11 is 6.10. The maximum Gasteiger partial charge on any atom is 0.223 e. The van der Waals surface area contributed by atoms with Gasteiger partial charge in [0, 0.05) is 21.8 Å². The molecule has 4 nitrogen and oxygen atoms in total. The number of rotatable bonds is 5. The van der Waals surface area contributed by atoms with Gasteiger partial charge < -0.3 is 9.57 Å². The van der Waals surface area contributed by atoms with Gasteiger partial charge in [-0.05, 0) is 63.4 Å². The van der Waals surface area contributed by atoms with Gasteiger partial charge in [-0.15, -0.1) is 0 Å². The molecule has 0 saturated carbocycles. The van der Waals surface area contributed by atoms with Gasteiger partial charge in [0.05, 0.1) is 5.71 Å². The summed E-state index contributed by atoms with van der Waals surface area (Å²) < 4.78 is 6.15. The number of pyridine rings is 1. The van der Waals surface area contributed by atoms with Crippen molar-refractivity contribution in [2.75, 3.05) is 7.11 Å². The Morgan fingerprint density at radius 3 is 2.29 bits per heavy atom. The minimum atomic E-state index is 0.579. The van der Waals surface area contributed by atoms with Gasteiger partial charge in [0.2, 0.25) is 5.88 Å². The maximum atomic E-state index is 6.15. The third-order valence-corrected chi connectivity index (χ3v) is 4.05. The maximum absolute atomic E-state index is 6.15. The summed E-state index contributed by atoms with van der Waals surface area (Å²) in [7, 11) is 1.55. The van der Waals surface area contributed by atoms with Crippen molar-refractivity contribution in [3.63, 3.8) is 0 Å². The zero-order valence-corrected chi connectivity index (χ0v) is 15.8. The van der Waals surface area contributed by atoms with Crippen molar-refractivity contribution in [3.05, 3.63) is 51.2 Å². The Kier molecular flexibility index (Phi) is 5.84. The predicted octanol–water partition coefficient (Wildman–Crippen LogP) is 5.52. The summed E-state index contributed by atoms with van der Waals surface area (Å²) in [5.74, 6) is 1.36. The highest BCUT2D eigenvalue weighted by atomic mass is 35.5. The van der Waals surface area contributed by atoms with E-state index in [-0.39, 0.29) is 0 Å². The van der Waals surface area contributed by atoms with E-state index in [1.54, 1.807) is 7.11 Å². The Hall–Kier alpha value is -2.07. The van der Waals surface area contributed by atoms with Crippen LogP contribution in [-0.4, -0.2) is 17.8 Å². The van der Waals surface area contributed by atoms with Crippen LogP contribution >= 0.6 is 11.6 Å². The van der Waals surface area contributed by atoms with E-state index in [0.29, 0.717) is 10.9 Å². The molecule has 1 aromatic heterocycles. The van der Waals surface area contributed by atoms with E-state index in [1.807, 2.05) is 52.8 Å². The number of ether oxygens (including phenoxy) is 1. The van der Waals surface area contributed by atoms with Crippen molar-refractivity contribution in [2.24, 2.45) is 5.16 Å². The van der Waals surface area contributed by atoms with E-state index in [0.717, 1.165) is 45.8 Å². The number of nitrogens with zero attached hydrogens (tertiary/aromatic N) is 2. The molecule has 0 fully saturated rings. The molecule has 2 rings (SSSR count). The van der Waals surface area contributed by atoms with Gasteiger partial charge in [-0.2, -0.15) is 0 Å². The quantitative estimate of drug-likeness (QED) is 0.528. The normalized spacial score (nSPS) is 11.5. The first-order valence-electron chi connectivity index (χ1n) is 7.90. The minimum absolute atomic E-state index is 0.579. The topological polar surface area (TPSA) is 43.7 Å². The molecule has 0 unspecified atom stereocenters. The molecule has 0 atom stereocenters. The molecule has 0 amide bonds. The van der Waals surface area contributed by atoms with E-state index < -0.39 is 0 Å². The van der Waals surface area contributed by atoms with Crippen LogP contribution in [0.5, 0.6) is 11.6 Å². The Balaban J connectivity index is 2.53. The van der Waals surface area contributed by atoms with Crippen LogP contribution in [0.1, 0.15) is 41.3 Å². The van der Waals surface area contributed by atoms with E-state index in [4.69, 9.17) is 21.2 Å². The van der Waals surface area contributed by atoms with E-state index in [2.05, 4.69) is 10.1 Å². The van der Waals surface area contributed by atoms with Crippen molar-refractivity contribution >= 4 is 17.3 Å². The Morgan fingerprint density at radius 1 is 1.12 bits per heavy atom. The van der Waals surface area contributed by atoms with Crippen LogP contribution in [0.4, 0.5) is 0 Å². The third kappa shape index (κ3) is 3.88. The molecule has 0 aliphatic rings. The highest BCUT2D eigenvalue weighted by Gasteiger charge is 2.16. The van der Waals surface area contributed by atoms with Crippen LogP contribution in [0.25, 0.3) is 0 Å². The highest BCUT2D eigenvalue weighted by Crippen LogP contribution is 2.33. The number of benzene rings is 1. The first-order chi connectivity index (χ1) is 11.4. The molecule has 0 N–H and O–H groups in total. The number of halogens is 1. The van der Waals surface area contributed by atoms with Gasteiger partial charge in [0.1, 0.15) is 12.9 Å². The standard InChI is InChI=1S/C19H23ClN2O2/c1-7-17(22-23-6)16-10-13(4)21-19(14(16)5)24-18-11(2)8-15(20)9-12(18)3/h8-10H,7H2,1-6H3/b22-17-. The van der Waals surface area contributed by atoms with Gasteiger partial charge in [0.25, 0.3) is 0 Å². The van der Waals surface area contributed by atoms with E-state index in [1.165, 1.54) is 0 Å². The molecule has 1 aromatic carbocycles. The van der Waals surface area contributed by atoms with Crippen LogP contribution in [0.15, 0.2) is 23.4 Å². The van der Waals surface area contributed by atoms with Crippen LogP contribution in [0, 0.1) is 27.7 Å². The van der Waals surface area contributed by atoms with Gasteiger partial charge in [-0.1, -0.05) is 23.7 Å². The zero-order valence-electron chi connectivity index (χ0n) is 15.0. The molecular formula is C19H23ClN2O2. The molecular weight excluding hydrogens is 324 g/mol. The monoisotopic (exact) mass is 346 g/mol. The van der Waals surface area contributed by atoms with E-state index >= 15 is 0 Å². The van der Waals surface area contributed by atoms with Crippen LogP contribution in [-0.2, 0) is 4.84 Å². The summed E-state index contributed by atoms with van der Waals surface area (Å²) in [6.45, 7) is 9.92. The van der Waals surface area contributed by atoms with Crippen molar-refractivity contribution in [1.29, 1.82) is 0 Å². The second-order valence-corrected chi connectivity index (χ2v) is 6.22. The van der Waals surface area contributed by atoms with Crippen LogP contribution < -0.4 is 4.74 Å². The van der Waals surface area contributed by atoms with Gasteiger partial charge >= 0.3 is 0 Å². The SMILES string of the molecule is CC/C(=N/OC)c1cc(C)nc(Oc2c(C)cc(Cl)cc2C)c1C. The molecule has 0 aliphatic heterocycles. The molecule has 128 valence electrons. The molecule has 0 saturated heterocycles. The van der Waals surface area contributed by atoms with Crippen molar-refractivity contribution in [3.8, 4) is 11.6 Å². The second-order valence-electron chi connectivity index (χ2n) is 5.79. The Bertz CT molecular complexity index is 762. The molecule has 0 spiro atoms. The first-order valence-corrected chi connectivity index (χ1v) is 8.28. The lowest BCUT2D eigenvalue weighted by Gasteiger charge is -2.16.